The minimum Gasteiger partial charge on any atom is -0.379 e. The van der Waals surface area contributed by atoms with Gasteiger partial charge in [0.1, 0.15) is 0 Å². The molecule has 2 aromatic rings. The molecule has 0 bridgehead atoms. The van der Waals surface area contributed by atoms with Gasteiger partial charge in [0, 0.05) is 24.5 Å². The summed E-state index contributed by atoms with van der Waals surface area (Å²) in [4.78, 5) is 0. The van der Waals surface area contributed by atoms with Crippen LogP contribution in [-0.4, -0.2) is 25.6 Å². The zero-order valence-electron chi connectivity index (χ0n) is 11.9. The molecule has 0 aromatic carbocycles. The summed E-state index contributed by atoms with van der Waals surface area (Å²) < 4.78 is 40.8. The maximum absolute atomic E-state index is 12.5. The molecule has 2 rings (SSSR count). The van der Waals surface area contributed by atoms with E-state index >= 15 is 0 Å². The van der Waals surface area contributed by atoms with Gasteiger partial charge in [-0.15, -0.1) is 0 Å². The maximum atomic E-state index is 12.5. The van der Waals surface area contributed by atoms with Crippen LogP contribution in [0.5, 0.6) is 0 Å². The third kappa shape index (κ3) is 3.47. The van der Waals surface area contributed by atoms with Crippen LogP contribution in [0.15, 0.2) is 24.5 Å². The molecule has 116 valence electrons. The summed E-state index contributed by atoms with van der Waals surface area (Å²) in [7, 11) is 0. The van der Waals surface area contributed by atoms with Crippen molar-refractivity contribution >= 4 is 0 Å². The van der Waals surface area contributed by atoms with Gasteiger partial charge in [-0.1, -0.05) is 6.92 Å². The molecular formula is C14H18F3N3O. The van der Waals surface area contributed by atoms with Crippen molar-refractivity contribution in [2.24, 2.45) is 0 Å². The second-order valence-electron chi connectivity index (χ2n) is 4.86. The van der Waals surface area contributed by atoms with E-state index in [1.807, 2.05) is 24.6 Å². The Balaban J connectivity index is 2.18. The number of aliphatic hydroxyl groups excluding tert-OH is 1. The van der Waals surface area contributed by atoms with Crippen LogP contribution in [0.25, 0.3) is 0 Å². The van der Waals surface area contributed by atoms with Gasteiger partial charge in [0.05, 0.1) is 17.9 Å². The molecule has 0 aliphatic carbocycles. The van der Waals surface area contributed by atoms with Crippen LogP contribution in [0.2, 0.25) is 0 Å². The molecular weight excluding hydrogens is 283 g/mol. The summed E-state index contributed by atoms with van der Waals surface area (Å²) >= 11 is 0. The Bertz CT molecular complexity index is 601. The molecule has 0 amide bonds. The molecule has 21 heavy (non-hydrogen) atoms. The van der Waals surface area contributed by atoms with Gasteiger partial charge in [-0.25, -0.2) is 0 Å². The summed E-state index contributed by atoms with van der Waals surface area (Å²) in [6.07, 6.45) is -3.43. The number of aliphatic hydroxyl groups is 1. The molecule has 1 N–H and O–H groups in total. The van der Waals surface area contributed by atoms with Crippen LogP contribution in [-0.2, 0) is 19.5 Å². The highest BCUT2D eigenvalue weighted by Gasteiger charge is 2.39. The standard InChI is InChI=1S/C14H18F3N3O/c1-3-11-7-12(20(4-2)18-11)9-19-6-5-10(8-19)13(21)14(15,16)17/h5-8,13,21H,3-4,9H2,1-2H3. The molecule has 0 saturated carbocycles. The van der Waals surface area contributed by atoms with E-state index in [-0.39, 0.29) is 5.56 Å². The molecule has 2 heterocycles. The molecule has 0 radical (unpaired) electrons. The van der Waals surface area contributed by atoms with E-state index in [1.165, 1.54) is 18.5 Å². The van der Waals surface area contributed by atoms with Gasteiger partial charge in [-0.05, 0) is 25.5 Å². The topological polar surface area (TPSA) is 43.0 Å². The fraction of sp³-hybridized carbons (Fsp3) is 0.500. The van der Waals surface area contributed by atoms with E-state index in [0.29, 0.717) is 13.1 Å². The van der Waals surface area contributed by atoms with Crippen molar-refractivity contribution in [3.05, 3.63) is 41.5 Å². The van der Waals surface area contributed by atoms with Gasteiger partial charge < -0.3 is 9.67 Å². The van der Waals surface area contributed by atoms with Crippen molar-refractivity contribution < 1.29 is 18.3 Å². The van der Waals surface area contributed by atoms with Crippen LogP contribution in [0, 0.1) is 0 Å². The highest BCUT2D eigenvalue weighted by atomic mass is 19.4. The quantitative estimate of drug-likeness (QED) is 0.922. The largest absolute Gasteiger partial charge is 0.418 e. The van der Waals surface area contributed by atoms with Crippen molar-refractivity contribution in [2.75, 3.05) is 0 Å². The number of hydrogen-bond acceptors (Lipinski definition) is 2. The number of halogens is 3. The Kier molecular flexibility index (Phi) is 4.41. The monoisotopic (exact) mass is 301 g/mol. The number of alkyl halides is 3. The van der Waals surface area contributed by atoms with Crippen LogP contribution in [0.1, 0.15) is 36.9 Å². The van der Waals surface area contributed by atoms with Crippen LogP contribution < -0.4 is 0 Å². The van der Waals surface area contributed by atoms with E-state index in [1.54, 1.807) is 4.57 Å². The fourth-order valence-electron chi connectivity index (χ4n) is 2.18. The third-order valence-corrected chi connectivity index (χ3v) is 3.32. The molecule has 7 heteroatoms. The number of rotatable bonds is 5. The second kappa shape index (κ2) is 5.93. The first-order chi connectivity index (χ1) is 9.85. The van der Waals surface area contributed by atoms with Crippen molar-refractivity contribution in [1.82, 2.24) is 14.3 Å². The van der Waals surface area contributed by atoms with E-state index in [4.69, 9.17) is 0 Å². The van der Waals surface area contributed by atoms with Gasteiger partial charge in [-0.3, -0.25) is 4.68 Å². The SMILES string of the molecule is CCc1cc(Cn2ccc(C(O)C(F)(F)F)c2)n(CC)n1. The molecule has 0 aliphatic heterocycles. The lowest BCUT2D eigenvalue weighted by molar-refractivity contribution is -0.206. The first-order valence-electron chi connectivity index (χ1n) is 6.81. The maximum Gasteiger partial charge on any atom is 0.418 e. The summed E-state index contributed by atoms with van der Waals surface area (Å²) in [5.41, 5.74) is 1.73. The highest BCUT2D eigenvalue weighted by molar-refractivity contribution is 5.17. The van der Waals surface area contributed by atoms with Crippen molar-refractivity contribution in [3.8, 4) is 0 Å². The zero-order valence-corrected chi connectivity index (χ0v) is 11.9. The van der Waals surface area contributed by atoms with E-state index < -0.39 is 12.3 Å². The third-order valence-electron chi connectivity index (χ3n) is 3.32. The first kappa shape index (κ1) is 15.6. The average Bonchev–Trinajstić information content (AvgIpc) is 3.03. The number of nitrogens with zero attached hydrogens (tertiary/aromatic N) is 3. The van der Waals surface area contributed by atoms with Crippen molar-refractivity contribution in [3.63, 3.8) is 0 Å². The van der Waals surface area contributed by atoms with E-state index in [0.717, 1.165) is 17.8 Å². The lowest BCUT2D eigenvalue weighted by Gasteiger charge is -2.12. The van der Waals surface area contributed by atoms with E-state index in [9.17, 15) is 18.3 Å². The molecule has 0 fully saturated rings. The van der Waals surface area contributed by atoms with E-state index in [2.05, 4.69) is 5.10 Å². The Morgan fingerprint density at radius 2 is 2.05 bits per heavy atom. The second-order valence-corrected chi connectivity index (χ2v) is 4.86. The van der Waals surface area contributed by atoms with Crippen molar-refractivity contribution in [2.45, 2.75) is 45.6 Å². The predicted molar refractivity (Wildman–Crippen MR) is 71.8 cm³/mol. The molecule has 4 nitrogen and oxygen atoms in total. The fourth-order valence-corrected chi connectivity index (χ4v) is 2.18. The summed E-state index contributed by atoms with van der Waals surface area (Å²) in [6.45, 7) is 5.09. The Morgan fingerprint density at radius 3 is 2.62 bits per heavy atom. The van der Waals surface area contributed by atoms with Gasteiger partial charge in [0.15, 0.2) is 6.10 Å². The van der Waals surface area contributed by atoms with Crippen LogP contribution >= 0.6 is 0 Å². The number of aryl methyl sites for hydroxylation is 2. The van der Waals surface area contributed by atoms with Gasteiger partial charge >= 0.3 is 6.18 Å². The average molecular weight is 301 g/mol. The summed E-state index contributed by atoms with van der Waals surface area (Å²) in [5.74, 6) is 0. The Morgan fingerprint density at radius 1 is 1.33 bits per heavy atom. The Hall–Kier alpha value is -1.76. The normalized spacial score (nSPS) is 13.6. The number of hydrogen-bond donors (Lipinski definition) is 1. The summed E-state index contributed by atoms with van der Waals surface area (Å²) in [5, 5.41) is 13.6. The smallest absolute Gasteiger partial charge is 0.379 e. The lowest BCUT2D eigenvalue weighted by Crippen LogP contribution is -2.19. The molecule has 0 aliphatic rings. The predicted octanol–water partition coefficient (Wildman–Crippen LogP) is 2.91. The highest BCUT2D eigenvalue weighted by Crippen LogP contribution is 2.32. The number of aromatic nitrogens is 3. The van der Waals surface area contributed by atoms with Crippen LogP contribution in [0.4, 0.5) is 13.2 Å². The minimum absolute atomic E-state index is 0.152. The molecule has 0 spiro atoms. The molecule has 2 aromatic heterocycles. The molecule has 0 saturated heterocycles. The Labute approximate surface area is 120 Å². The minimum atomic E-state index is -4.65. The zero-order chi connectivity index (χ0) is 15.6. The summed E-state index contributed by atoms with van der Waals surface area (Å²) in [6, 6.07) is 3.23. The van der Waals surface area contributed by atoms with Gasteiger partial charge in [-0.2, -0.15) is 18.3 Å². The molecule has 1 atom stereocenters. The lowest BCUT2D eigenvalue weighted by atomic mass is 10.2. The van der Waals surface area contributed by atoms with Crippen LogP contribution in [0.3, 0.4) is 0 Å². The first-order valence-corrected chi connectivity index (χ1v) is 6.81. The van der Waals surface area contributed by atoms with Crippen molar-refractivity contribution in [1.29, 1.82) is 0 Å². The van der Waals surface area contributed by atoms with Gasteiger partial charge in [0.2, 0.25) is 0 Å². The van der Waals surface area contributed by atoms with Gasteiger partial charge in [0.25, 0.3) is 0 Å². The molecule has 1 unspecified atom stereocenters.